The predicted octanol–water partition coefficient (Wildman–Crippen LogP) is 1.94. The number of hydroxylamine groups is 2. The van der Waals surface area contributed by atoms with Crippen LogP contribution in [0.1, 0.15) is 43.1 Å². The van der Waals surface area contributed by atoms with Crippen LogP contribution in [0.25, 0.3) is 0 Å². The first kappa shape index (κ1) is 15.1. The van der Waals surface area contributed by atoms with E-state index in [-0.39, 0.29) is 22.6 Å². The van der Waals surface area contributed by atoms with Crippen LogP contribution in [-0.2, 0) is 16.1 Å². The first-order chi connectivity index (χ1) is 12.0. The fraction of sp³-hybridized carbons (Fsp3) is 0.111. The monoisotopic (exact) mass is 336 g/mol. The summed E-state index contributed by atoms with van der Waals surface area (Å²) in [5.74, 6) is -2.34. The number of hydrogen-bond acceptors (Lipinski definition) is 5. The molecule has 0 spiro atoms. The van der Waals surface area contributed by atoms with E-state index < -0.39 is 17.8 Å². The molecule has 0 fully saturated rings. The lowest BCUT2D eigenvalue weighted by Crippen LogP contribution is -2.32. The first-order valence-corrected chi connectivity index (χ1v) is 7.67. The number of anilines is 1. The number of rotatable bonds is 2. The smallest absolute Gasteiger partial charge is 0.326 e. The molecule has 25 heavy (non-hydrogen) atoms. The molecule has 2 heterocycles. The van der Waals surface area contributed by atoms with Gasteiger partial charge < -0.3 is 10.2 Å². The van der Waals surface area contributed by atoms with Crippen LogP contribution in [-0.4, -0.2) is 28.8 Å². The molecule has 0 radical (unpaired) electrons. The van der Waals surface area contributed by atoms with Crippen LogP contribution < -0.4 is 5.32 Å². The van der Waals surface area contributed by atoms with Crippen LogP contribution in [0.5, 0.6) is 0 Å². The normalized spacial score (nSPS) is 15.5. The maximum Gasteiger partial charge on any atom is 0.364 e. The Morgan fingerprint density at radius 1 is 0.960 bits per heavy atom. The van der Waals surface area contributed by atoms with E-state index in [9.17, 15) is 19.2 Å². The van der Waals surface area contributed by atoms with Crippen molar-refractivity contribution in [1.82, 2.24) is 5.06 Å². The molecule has 0 aromatic heterocycles. The minimum absolute atomic E-state index is 0.127. The lowest BCUT2D eigenvalue weighted by molar-refractivity contribution is -0.116. The van der Waals surface area contributed by atoms with Gasteiger partial charge in [-0.2, -0.15) is 0 Å². The molecule has 2 aromatic carbocycles. The van der Waals surface area contributed by atoms with Crippen molar-refractivity contribution in [2.75, 3.05) is 5.32 Å². The van der Waals surface area contributed by atoms with Crippen LogP contribution in [0.4, 0.5) is 5.69 Å². The average Bonchev–Trinajstić information content (AvgIpc) is 2.86. The van der Waals surface area contributed by atoms with Gasteiger partial charge in [-0.3, -0.25) is 14.4 Å². The molecule has 2 aromatic rings. The number of nitrogens with zero attached hydrogens (tertiary/aromatic N) is 1. The standard InChI is InChI=1S/C18H12N2O5/c21-15-8-7-10-5-6-11(9-14(10)19-15)18(24)25-20-16(22)12-3-1-2-4-13(12)17(20)23/h1-6,9H,7-8H2,(H,19,21). The average molecular weight is 336 g/mol. The topological polar surface area (TPSA) is 92.8 Å². The van der Waals surface area contributed by atoms with Crippen LogP contribution in [0.15, 0.2) is 42.5 Å². The Balaban J connectivity index is 1.57. The Labute approximate surface area is 142 Å². The number of imide groups is 1. The zero-order valence-electron chi connectivity index (χ0n) is 12.9. The van der Waals surface area contributed by atoms with E-state index in [2.05, 4.69) is 5.32 Å². The van der Waals surface area contributed by atoms with Gasteiger partial charge in [-0.15, -0.1) is 0 Å². The lowest BCUT2D eigenvalue weighted by Gasteiger charge is -2.18. The molecule has 4 rings (SSSR count). The molecule has 124 valence electrons. The summed E-state index contributed by atoms with van der Waals surface area (Å²) in [5, 5.41) is 3.15. The van der Waals surface area contributed by atoms with Crippen molar-refractivity contribution in [1.29, 1.82) is 0 Å². The Morgan fingerprint density at radius 3 is 2.32 bits per heavy atom. The van der Waals surface area contributed by atoms with E-state index in [0.29, 0.717) is 23.6 Å². The number of amides is 3. The molecule has 2 aliphatic heterocycles. The van der Waals surface area contributed by atoms with Gasteiger partial charge in [0.15, 0.2) is 0 Å². The van der Waals surface area contributed by atoms with Gasteiger partial charge in [0.25, 0.3) is 11.8 Å². The number of carbonyl (C=O) groups is 4. The predicted molar refractivity (Wildman–Crippen MR) is 85.8 cm³/mol. The van der Waals surface area contributed by atoms with Crippen LogP contribution in [0.2, 0.25) is 0 Å². The number of fused-ring (bicyclic) bond motifs is 2. The fourth-order valence-corrected chi connectivity index (χ4v) is 2.88. The van der Waals surface area contributed by atoms with E-state index in [1.165, 1.54) is 24.3 Å². The third-order valence-corrected chi connectivity index (χ3v) is 4.17. The van der Waals surface area contributed by atoms with Crippen molar-refractivity contribution in [3.05, 3.63) is 64.7 Å². The molecule has 0 saturated heterocycles. The molecular formula is C18H12N2O5. The lowest BCUT2D eigenvalue weighted by atomic mass is 10.0. The summed E-state index contributed by atoms with van der Waals surface area (Å²) >= 11 is 0. The van der Waals surface area contributed by atoms with E-state index >= 15 is 0 Å². The minimum Gasteiger partial charge on any atom is -0.326 e. The van der Waals surface area contributed by atoms with Crippen molar-refractivity contribution < 1.29 is 24.0 Å². The SMILES string of the molecule is O=C1CCc2ccc(C(=O)ON3C(=O)c4ccccc4C3=O)cc2N1. The molecule has 3 amide bonds. The molecule has 1 N–H and O–H groups in total. The molecule has 7 heteroatoms. The second-order valence-electron chi connectivity index (χ2n) is 5.75. The number of hydrogen-bond donors (Lipinski definition) is 1. The Bertz CT molecular complexity index is 915. The Kier molecular flexibility index (Phi) is 3.35. The molecule has 0 bridgehead atoms. The largest absolute Gasteiger partial charge is 0.364 e. The zero-order valence-corrected chi connectivity index (χ0v) is 12.9. The molecule has 0 unspecified atom stereocenters. The van der Waals surface area contributed by atoms with Gasteiger partial charge in [0, 0.05) is 12.1 Å². The van der Waals surface area contributed by atoms with Gasteiger partial charge in [0.1, 0.15) is 0 Å². The second-order valence-corrected chi connectivity index (χ2v) is 5.75. The Morgan fingerprint density at radius 2 is 1.64 bits per heavy atom. The number of nitrogens with one attached hydrogen (secondary N) is 1. The highest BCUT2D eigenvalue weighted by Crippen LogP contribution is 2.26. The van der Waals surface area contributed by atoms with Gasteiger partial charge in [-0.05, 0) is 36.2 Å². The van der Waals surface area contributed by atoms with E-state index in [4.69, 9.17) is 4.84 Å². The highest BCUT2D eigenvalue weighted by molar-refractivity contribution is 6.21. The third-order valence-electron chi connectivity index (χ3n) is 4.17. The molecule has 7 nitrogen and oxygen atoms in total. The first-order valence-electron chi connectivity index (χ1n) is 7.67. The van der Waals surface area contributed by atoms with Crippen molar-refractivity contribution >= 4 is 29.4 Å². The van der Waals surface area contributed by atoms with Gasteiger partial charge >= 0.3 is 5.97 Å². The third kappa shape index (κ3) is 2.46. The van der Waals surface area contributed by atoms with E-state index in [0.717, 1.165) is 5.56 Å². The molecule has 2 aliphatic rings. The van der Waals surface area contributed by atoms with Crippen molar-refractivity contribution in [3.63, 3.8) is 0 Å². The van der Waals surface area contributed by atoms with Gasteiger partial charge in [-0.1, -0.05) is 23.3 Å². The highest BCUT2D eigenvalue weighted by Gasteiger charge is 2.38. The number of aryl methyl sites for hydroxylation is 1. The summed E-state index contributed by atoms with van der Waals surface area (Å²) in [6.45, 7) is 0. The Hall–Kier alpha value is -3.48. The van der Waals surface area contributed by atoms with E-state index in [1.54, 1.807) is 18.2 Å². The fourth-order valence-electron chi connectivity index (χ4n) is 2.88. The van der Waals surface area contributed by atoms with Crippen molar-refractivity contribution in [2.45, 2.75) is 12.8 Å². The van der Waals surface area contributed by atoms with Gasteiger partial charge in [-0.25, -0.2) is 4.79 Å². The maximum atomic E-state index is 12.3. The van der Waals surface area contributed by atoms with Gasteiger partial charge in [0.05, 0.1) is 16.7 Å². The summed E-state index contributed by atoms with van der Waals surface area (Å²) in [5.41, 5.74) is 1.97. The van der Waals surface area contributed by atoms with Crippen LogP contribution in [0, 0.1) is 0 Å². The van der Waals surface area contributed by atoms with Crippen molar-refractivity contribution in [3.8, 4) is 0 Å². The summed E-state index contributed by atoms with van der Waals surface area (Å²) in [4.78, 5) is 53.2. The second kappa shape index (κ2) is 5.55. The molecular weight excluding hydrogens is 324 g/mol. The number of carbonyl (C=O) groups excluding carboxylic acids is 4. The van der Waals surface area contributed by atoms with E-state index in [1.807, 2.05) is 0 Å². The molecule has 0 atom stereocenters. The van der Waals surface area contributed by atoms with Crippen molar-refractivity contribution in [2.24, 2.45) is 0 Å². The van der Waals surface area contributed by atoms with Crippen LogP contribution >= 0.6 is 0 Å². The minimum atomic E-state index is -0.850. The molecule has 0 saturated carbocycles. The van der Waals surface area contributed by atoms with Crippen LogP contribution in [0.3, 0.4) is 0 Å². The quantitative estimate of drug-likeness (QED) is 0.846. The number of benzene rings is 2. The highest BCUT2D eigenvalue weighted by atomic mass is 16.7. The summed E-state index contributed by atoms with van der Waals surface area (Å²) in [6, 6.07) is 11.0. The maximum absolute atomic E-state index is 12.3. The molecule has 0 aliphatic carbocycles. The summed E-state index contributed by atoms with van der Waals surface area (Å²) < 4.78 is 0. The summed E-state index contributed by atoms with van der Waals surface area (Å²) in [7, 11) is 0. The summed E-state index contributed by atoms with van der Waals surface area (Å²) in [6.07, 6.45) is 0.987. The van der Waals surface area contributed by atoms with Gasteiger partial charge in [0.2, 0.25) is 5.91 Å². The zero-order chi connectivity index (χ0) is 17.6.